The van der Waals surface area contributed by atoms with Crippen LogP contribution < -0.4 is 14.8 Å². The third-order valence-corrected chi connectivity index (χ3v) is 8.59. The van der Waals surface area contributed by atoms with Crippen LogP contribution in [0.15, 0.2) is 47.4 Å². The quantitative estimate of drug-likeness (QED) is 0.580. The summed E-state index contributed by atoms with van der Waals surface area (Å²) in [7, 11) is 0. The number of nitrogens with zero attached hydrogens (tertiary/aromatic N) is 1. The van der Waals surface area contributed by atoms with Crippen molar-refractivity contribution < 1.29 is 19.1 Å². The van der Waals surface area contributed by atoms with Gasteiger partial charge in [0.25, 0.3) is 5.91 Å². The van der Waals surface area contributed by atoms with Gasteiger partial charge in [-0.05, 0) is 43.5 Å². The summed E-state index contributed by atoms with van der Waals surface area (Å²) in [6.45, 7) is 2.38. The van der Waals surface area contributed by atoms with Crippen molar-refractivity contribution in [3.05, 3.63) is 53.7 Å². The van der Waals surface area contributed by atoms with Gasteiger partial charge in [-0.15, -0.1) is 11.8 Å². The average Bonchev–Trinajstić information content (AvgIpc) is 3.58. The molecule has 0 bridgehead atoms. The van der Waals surface area contributed by atoms with Crippen LogP contribution in [0.5, 0.6) is 11.5 Å². The van der Waals surface area contributed by atoms with E-state index in [1.54, 1.807) is 16.7 Å². The van der Waals surface area contributed by atoms with Crippen LogP contribution in [0.1, 0.15) is 48.7 Å². The second-order valence-corrected chi connectivity index (χ2v) is 10.5. The van der Waals surface area contributed by atoms with E-state index in [0.717, 1.165) is 47.0 Å². The number of para-hydroxylation sites is 1. The predicted octanol–water partition coefficient (Wildman–Crippen LogP) is 4.46. The van der Waals surface area contributed by atoms with Crippen molar-refractivity contribution in [3.63, 3.8) is 0 Å². The number of fused-ring (bicyclic) bond motifs is 4. The zero-order valence-electron chi connectivity index (χ0n) is 19.1. The van der Waals surface area contributed by atoms with Crippen molar-refractivity contribution in [3.8, 4) is 11.5 Å². The van der Waals surface area contributed by atoms with Crippen LogP contribution in [0.25, 0.3) is 10.9 Å². The molecule has 2 amide bonds. The summed E-state index contributed by atoms with van der Waals surface area (Å²) < 4.78 is 11.0. The summed E-state index contributed by atoms with van der Waals surface area (Å²) in [4.78, 5) is 33.7. The lowest BCUT2D eigenvalue weighted by Gasteiger charge is -2.39. The molecule has 0 spiro atoms. The molecule has 2 aromatic carbocycles. The molecule has 7 nitrogen and oxygen atoms in total. The lowest BCUT2D eigenvalue weighted by Crippen LogP contribution is -2.60. The van der Waals surface area contributed by atoms with Gasteiger partial charge in [-0.3, -0.25) is 9.59 Å². The maximum Gasteiger partial charge on any atom is 0.272 e. The molecule has 2 aliphatic heterocycles. The van der Waals surface area contributed by atoms with Gasteiger partial charge in [0.1, 0.15) is 11.2 Å². The number of ether oxygens (including phenoxy) is 2. The number of aromatic nitrogens is 1. The Morgan fingerprint density at radius 2 is 1.97 bits per heavy atom. The fourth-order valence-corrected chi connectivity index (χ4v) is 6.46. The van der Waals surface area contributed by atoms with E-state index in [-0.39, 0.29) is 24.6 Å². The number of H-pyrrole nitrogens is 1. The van der Waals surface area contributed by atoms with Crippen LogP contribution in [0.3, 0.4) is 0 Å². The van der Waals surface area contributed by atoms with Gasteiger partial charge in [0.15, 0.2) is 11.5 Å². The van der Waals surface area contributed by atoms with E-state index >= 15 is 0 Å². The van der Waals surface area contributed by atoms with Gasteiger partial charge in [-0.2, -0.15) is 0 Å². The number of hydrogen-bond donors (Lipinski definition) is 2. The van der Waals surface area contributed by atoms with Gasteiger partial charge in [0, 0.05) is 34.1 Å². The molecule has 1 atom stereocenters. The van der Waals surface area contributed by atoms with Crippen LogP contribution in [0.2, 0.25) is 0 Å². The first-order chi connectivity index (χ1) is 16.5. The molecule has 3 aliphatic rings. The summed E-state index contributed by atoms with van der Waals surface area (Å²) in [6.07, 6.45) is 4.25. The van der Waals surface area contributed by atoms with E-state index in [2.05, 4.69) is 10.3 Å². The third-order valence-electron chi connectivity index (χ3n) is 7.17. The number of carbonyl (C=O) groups is 2. The van der Waals surface area contributed by atoms with Gasteiger partial charge in [0.2, 0.25) is 12.7 Å². The number of rotatable bonds is 4. The normalized spacial score (nSPS) is 22.1. The van der Waals surface area contributed by atoms with E-state index < -0.39 is 5.54 Å². The largest absolute Gasteiger partial charge is 0.454 e. The minimum atomic E-state index is -1.01. The molecule has 1 aromatic heterocycles. The smallest absolute Gasteiger partial charge is 0.272 e. The number of thioether (sulfide) groups is 1. The maximum absolute atomic E-state index is 14.0. The summed E-state index contributed by atoms with van der Waals surface area (Å²) in [6, 6.07) is 13.8. The SMILES string of the molecule is C[C@]1(C(=O)NC2CCCC2)CSc2c([nH]c3ccccc23)C(=O)N1Cc1ccc2c(c1)OCO2. The molecular weight excluding hydrogens is 450 g/mol. The second-order valence-electron chi connectivity index (χ2n) is 9.47. The molecular formula is C26H27N3O4S. The molecule has 34 heavy (non-hydrogen) atoms. The first-order valence-corrected chi connectivity index (χ1v) is 12.8. The van der Waals surface area contributed by atoms with Gasteiger partial charge in [-0.25, -0.2) is 0 Å². The maximum atomic E-state index is 14.0. The molecule has 2 N–H and O–H groups in total. The molecule has 8 heteroatoms. The Hall–Kier alpha value is -3.13. The molecule has 6 rings (SSSR count). The van der Waals surface area contributed by atoms with Crippen molar-refractivity contribution in [1.82, 2.24) is 15.2 Å². The van der Waals surface area contributed by atoms with E-state index in [1.165, 1.54) is 0 Å². The van der Waals surface area contributed by atoms with Crippen LogP contribution >= 0.6 is 11.8 Å². The zero-order valence-corrected chi connectivity index (χ0v) is 19.9. The number of nitrogens with one attached hydrogen (secondary N) is 2. The molecule has 0 unspecified atom stereocenters. The van der Waals surface area contributed by atoms with E-state index in [9.17, 15) is 9.59 Å². The zero-order chi connectivity index (χ0) is 23.3. The molecule has 3 heterocycles. The topological polar surface area (TPSA) is 83.7 Å². The van der Waals surface area contributed by atoms with Crippen LogP contribution in [0, 0.1) is 0 Å². The minimum Gasteiger partial charge on any atom is -0.454 e. The average molecular weight is 478 g/mol. The highest BCUT2D eigenvalue weighted by Gasteiger charge is 2.46. The van der Waals surface area contributed by atoms with Crippen molar-refractivity contribution >= 4 is 34.5 Å². The lowest BCUT2D eigenvalue weighted by molar-refractivity contribution is -0.131. The summed E-state index contributed by atoms with van der Waals surface area (Å²) in [5.74, 6) is 1.57. The highest BCUT2D eigenvalue weighted by Crippen LogP contribution is 2.41. The Labute approximate surface area is 202 Å². The summed E-state index contributed by atoms with van der Waals surface area (Å²) in [5, 5.41) is 4.26. The van der Waals surface area contributed by atoms with E-state index in [4.69, 9.17) is 9.47 Å². The molecule has 0 saturated heterocycles. The predicted molar refractivity (Wildman–Crippen MR) is 130 cm³/mol. The number of aromatic amines is 1. The number of benzene rings is 2. The van der Waals surface area contributed by atoms with Gasteiger partial charge >= 0.3 is 0 Å². The third kappa shape index (κ3) is 3.52. The molecule has 1 fully saturated rings. The summed E-state index contributed by atoms with van der Waals surface area (Å²) >= 11 is 1.58. The minimum absolute atomic E-state index is 0.0875. The second kappa shape index (κ2) is 8.27. The molecule has 1 aliphatic carbocycles. The van der Waals surface area contributed by atoms with Gasteiger partial charge in [-0.1, -0.05) is 37.1 Å². The van der Waals surface area contributed by atoms with Crippen molar-refractivity contribution in [2.24, 2.45) is 0 Å². The van der Waals surface area contributed by atoms with Gasteiger partial charge < -0.3 is 24.7 Å². The fraction of sp³-hybridized carbons (Fsp3) is 0.385. The lowest BCUT2D eigenvalue weighted by atomic mass is 9.98. The monoisotopic (exact) mass is 477 g/mol. The Morgan fingerprint density at radius 1 is 1.18 bits per heavy atom. The number of hydrogen-bond acceptors (Lipinski definition) is 5. The Kier molecular flexibility index (Phi) is 5.21. The Morgan fingerprint density at radius 3 is 2.82 bits per heavy atom. The molecule has 1 saturated carbocycles. The van der Waals surface area contributed by atoms with E-state index in [1.807, 2.05) is 49.4 Å². The van der Waals surface area contributed by atoms with Crippen molar-refractivity contribution in [1.29, 1.82) is 0 Å². The Bertz CT molecular complexity index is 1280. The van der Waals surface area contributed by atoms with Gasteiger partial charge in [0.05, 0.1) is 0 Å². The first-order valence-electron chi connectivity index (χ1n) is 11.8. The standard InChI is InChI=1S/C26H27N3O4S/c1-26(25(31)27-17-6-2-3-7-17)14-34-23-18-8-4-5-9-19(18)28-22(23)24(30)29(26)13-16-10-11-20-21(12-16)33-15-32-20/h4-5,8-12,17,28H,2-3,6-7,13-15H2,1H3,(H,27,31)/t26-/m1/s1. The first kappa shape index (κ1) is 21.4. The molecule has 3 aromatic rings. The highest BCUT2D eigenvalue weighted by atomic mass is 32.2. The number of carbonyl (C=O) groups excluding carboxylic acids is 2. The van der Waals surface area contributed by atoms with Crippen LogP contribution in [0.4, 0.5) is 0 Å². The summed E-state index contributed by atoms with van der Waals surface area (Å²) in [5.41, 5.74) is 1.35. The van der Waals surface area contributed by atoms with Crippen molar-refractivity contribution in [2.75, 3.05) is 12.5 Å². The number of amides is 2. The van der Waals surface area contributed by atoms with Crippen LogP contribution in [-0.4, -0.2) is 45.8 Å². The molecule has 176 valence electrons. The van der Waals surface area contributed by atoms with Crippen LogP contribution in [-0.2, 0) is 11.3 Å². The molecule has 0 radical (unpaired) electrons. The Balaban J connectivity index is 1.40. The highest BCUT2D eigenvalue weighted by molar-refractivity contribution is 7.99. The van der Waals surface area contributed by atoms with Crippen molar-refractivity contribution in [2.45, 2.75) is 55.6 Å². The van der Waals surface area contributed by atoms with E-state index in [0.29, 0.717) is 29.5 Å². The fourth-order valence-electron chi connectivity index (χ4n) is 5.13.